The molecule has 0 aliphatic rings. The molecule has 0 radical (unpaired) electrons. The molecule has 0 fully saturated rings. The summed E-state index contributed by atoms with van der Waals surface area (Å²) < 4.78 is 6.25. The number of nitro groups is 1. The molecule has 1 N–H and O–H groups in total. The van der Waals surface area contributed by atoms with Gasteiger partial charge in [0.05, 0.1) is 4.92 Å². The van der Waals surface area contributed by atoms with Crippen LogP contribution in [-0.2, 0) is 0 Å². The summed E-state index contributed by atoms with van der Waals surface area (Å²) in [5.74, 6) is -0.591. The van der Waals surface area contributed by atoms with E-state index in [0.717, 1.165) is 0 Å². The van der Waals surface area contributed by atoms with Crippen LogP contribution in [0.15, 0.2) is 40.9 Å². The van der Waals surface area contributed by atoms with E-state index in [9.17, 15) is 14.9 Å². The fraction of sp³-hybridized carbons (Fsp3) is 0.0714. The number of benzene rings is 2. The Hall–Kier alpha value is -2.41. The maximum Gasteiger partial charge on any atom is 0.339 e. The second-order valence-corrected chi connectivity index (χ2v) is 5.17. The molecule has 108 valence electrons. The van der Waals surface area contributed by atoms with Gasteiger partial charge in [0.15, 0.2) is 0 Å². The Bertz CT molecular complexity index is 729. The van der Waals surface area contributed by atoms with Crippen LogP contribution in [0.1, 0.15) is 15.9 Å². The zero-order chi connectivity index (χ0) is 15.6. The molecule has 2 aromatic carbocycles. The van der Waals surface area contributed by atoms with Crippen molar-refractivity contribution in [2.75, 3.05) is 0 Å². The average molecular weight is 352 g/mol. The summed E-state index contributed by atoms with van der Waals surface area (Å²) in [6.45, 7) is 1.65. The third-order valence-corrected chi connectivity index (χ3v) is 3.26. The SMILES string of the molecule is Cc1cc([N+](=O)[O-])ccc1Oc1cc(Br)ccc1C(=O)O. The lowest BCUT2D eigenvalue weighted by Gasteiger charge is -2.11. The maximum atomic E-state index is 11.2. The van der Waals surface area contributed by atoms with E-state index in [2.05, 4.69) is 15.9 Å². The minimum absolute atomic E-state index is 0.0101. The Morgan fingerprint density at radius 2 is 1.95 bits per heavy atom. The average Bonchev–Trinajstić information content (AvgIpc) is 2.40. The lowest BCUT2D eigenvalue weighted by atomic mass is 10.2. The van der Waals surface area contributed by atoms with Gasteiger partial charge in [0, 0.05) is 16.6 Å². The molecule has 2 rings (SSSR count). The quantitative estimate of drug-likeness (QED) is 0.659. The fourth-order valence-electron chi connectivity index (χ4n) is 1.74. The van der Waals surface area contributed by atoms with Crippen molar-refractivity contribution in [1.29, 1.82) is 0 Å². The van der Waals surface area contributed by atoms with E-state index >= 15 is 0 Å². The Balaban J connectivity index is 2.40. The Morgan fingerprint density at radius 1 is 1.24 bits per heavy atom. The van der Waals surface area contributed by atoms with Gasteiger partial charge in [0.2, 0.25) is 0 Å². The number of non-ortho nitro benzene ring substituents is 1. The van der Waals surface area contributed by atoms with E-state index in [1.54, 1.807) is 13.0 Å². The Kier molecular flexibility index (Phi) is 4.23. The number of carboxylic acids is 1. The number of ether oxygens (including phenoxy) is 1. The molecule has 7 heteroatoms. The van der Waals surface area contributed by atoms with Crippen molar-refractivity contribution in [3.05, 3.63) is 62.1 Å². The van der Waals surface area contributed by atoms with E-state index in [1.165, 1.54) is 30.3 Å². The van der Waals surface area contributed by atoms with E-state index < -0.39 is 10.9 Å². The number of carboxylic acid groups (broad SMARTS) is 1. The molecule has 2 aromatic rings. The van der Waals surface area contributed by atoms with Crippen LogP contribution in [-0.4, -0.2) is 16.0 Å². The first kappa shape index (κ1) is 15.0. The lowest BCUT2D eigenvalue weighted by Crippen LogP contribution is -2.00. The maximum absolute atomic E-state index is 11.2. The smallest absolute Gasteiger partial charge is 0.339 e. The number of nitrogens with zero attached hydrogens (tertiary/aromatic N) is 1. The molecule has 0 aliphatic carbocycles. The van der Waals surface area contributed by atoms with Gasteiger partial charge < -0.3 is 9.84 Å². The summed E-state index contributed by atoms with van der Waals surface area (Å²) in [6, 6.07) is 8.67. The standard InChI is InChI=1S/C14H10BrNO5/c1-8-6-10(16(19)20)3-5-12(8)21-13-7-9(15)2-4-11(13)14(17)18/h2-7H,1H3,(H,17,18). The normalized spacial score (nSPS) is 10.2. The van der Waals surface area contributed by atoms with Crippen molar-refractivity contribution < 1.29 is 19.6 Å². The molecule has 0 amide bonds. The molecule has 0 saturated carbocycles. The van der Waals surface area contributed by atoms with E-state index in [1.807, 2.05) is 0 Å². The van der Waals surface area contributed by atoms with Crippen molar-refractivity contribution in [2.45, 2.75) is 6.92 Å². The first-order chi connectivity index (χ1) is 9.88. The zero-order valence-corrected chi connectivity index (χ0v) is 12.5. The summed E-state index contributed by atoms with van der Waals surface area (Å²) in [4.78, 5) is 21.4. The Morgan fingerprint density at radius 3 is 2.52 bits per heavy atom. The van der Waals surface area contributed by atoms with Crippen LogP contribution in [0.4, 0.5) is 5.69 Å². The highest BCUT2D eigenvalue weighted by atomic mass is 79.9. The molecule has 0 atom stereocenters. The summed E-state index contributed by atoms with van der Waals surface area (Å²) >= 11 is 3.25. The summed E-state index contributed by atoms with van der Waals surface area (Å²) in [5.41, 5.74) is 0.504. The van der Waals surface area contributed by atoms with Crippen molar-refractivity contribution in [3.8, 4) is 11.5 Å². The van der Waals surface area contributed by atoms with E-state index in [4.69, 9.17) is 9.84 Å². The summed E-state index contributed by atoms with van der Waals surface area (Å²) in [5, 5.41) is 19.8. The summed E-state index contributed by atoms with van der Waals surface area (Å²) in [6.07, 6.45) is 0. The van der Waals surface area contributed by atoms with Crippen LogP contribution in [0, 0.1) is 17.0 Å². The molecular weight excluding hydrogens is 342 g/mol. The van der Waals surface area contributed by atoms with Crippen molar-refractivity contribution in [1.82, 2.24) is 0 Å². The minimum atomic E-state index is -1.11. The number of halogens is 1. The van der Waals surface area contributed by atoms with Crippen molar-refractivity contribution in [2.24, 2.45) is 0 Å². The van der Waals surface area contributed by atoms with Crippen LogP contribution in [0.25, 0.3) is 0 Å². The van der Waals surface area contributed by atoms with Crippen molar-refractivity contribution >= 4 is 27.6 Å². The third kappa shape index (κ3) is 3.38. The monoisotopic (exact) mass is 351 g/mol. The molecule has 0 aromatic heterocycles. The number of hydrogen-bond donors (Lipinski definition) is 1. The number of nitro benzene ring substituents is 1. The van der Waals surface area contributed by atoms with Gasteiger partial charge in [0.1, 0.15) is 17.1 Å². The lowest BCUT2D eigenvalue weighted by molar-refractivity contribution is -0.384. The molecule has 0 heterocycles. The second kappa shape index (κ2) is 5.92. The molecule has 0 spiro atoms. The first-order valence-corrected chi connectivity index (χ1v) is 6.63. The number of hydrogen-bond acceptors (Lipinski definition) is 4. The summed E-state index contributed by atoms with van der Waals surface area (Å²) in [7, 11) is 0. The fourth-order valence-corrected chi connectivity index (χ4v) is 2.08. The highest BCUT2D eigenvalue weighted by molar-refractivity contribution is 9.10. The van der Waals surface area contributed by atoms with Gasteiger partial charge >= 0.3 is 5.97 Å². The van der Waals surface area contributed by atoms with Crippen LogP contribution in [0.2, 0.25) is 0 Å². The van der Waals surface area contributed by atoms with Gasteiger partial charge in [-0.2, -0.15) is 0 Å². The Labute approximate surface area is 128 Å². The third-order valence-electron chi connectivity index (χ3n) is 2.76. The predicted molar refractivity (Wildman–Crippen MR) is 79.0 cm³/mol. The molecular formula is C14H10BrNO5. The zero-order valence-electron chi connectivity index (χ0n) is 10.9. The van der Waals surface area contributed by atoms with Crippen LogP contribution in [0.5, 0.6) is 11.5 Å². The number of carbonyl (C=O) groups is 1. The van der Waals surface area contributed by atoms with E-state index in [0.29, 0.717) is 15.8 Å². The topological polar surface area (TPSA) is 89.7 Å². The van der Waals surface area contributed by atoms with Gasteiger partial charge in [-0.05, 0) is 36.8 Å². The van der Waals surface area contributed by atoms with Crippen LogP contribution >= 0.6 is 15.9 Å². The molecule has 6 nitrogen and oxygen atoms in total. The van der Waals surface area contributed by atoms with Gasteiger partial charge in [-0.1, -0.05) is 15.9 Å². The first-order valence-electron chi connectivity index (χ1n) is 5.84. The number of rotatable bonds is 4. The van der Waals surface area contributed by atoms with Gasteiger partial charge in [0.25, 0.3) is 5.69 Å². The number of aryl methyl sites for hydroxylation is 1. The molecule has 0 saturated heterocycles. The highest BCUT2D eigenvalue weighted by Crippen LogP contribution is 2.32. The minimum Gasteiger partial charge on any atom is -0.478 e. The predicted octanol–water partition coefficient (Wildman–Crippen LogP) is 4.16. The molecule has 0 bridgehead atoms. The van der Waals surface area contributed by atoms with Crippen molar-refractivity contribution in [3.63, 3.8) is 0 Å². The second-order valence-electron chi connectivity index (χ2n) is 4.25. The largest absolute Gasteiger partial charge is 0.478 e. The van der Waals surface area contributed by atoms with Crippen LogP contribution < -0.4 is 4.74 Å². The van der Waals surface area contributed by atoms with Crippen LogP contribution in [0.3, 0.4) is 0 Å². The van der Waals surface area contributed by atoms with Gasteiger partial charge in [-0.25, -0.2) is 4.79 Å². The molecule has 21 heavy (non-hydrogen) atoms. The molecule has 0 unspecified atom stereocenters. The van der Waals surface area contributed by atoms with E-state index in [-0.39, 0.29) is 17.0 Å². The van der Waals surface area contributed by atoms with Gasteiger partial charge in [-0.3, -0.25) is 10.1 Å². The molecule has 0 aliphatic heterocycles. The highest BCUT2D eigenvalue weighted by Gasteiger charge is 2.15. The number of aromatic carboxylic acids is 1. The van der Waals surface area contributed by atoms with Gasteiger partial charge in [-0.15, -0.1) is 0 Å².